The molecule has 0 saturated carbocycles. The van der Waals surface area contributed by atoms with Gasteiger partial charge in [0.1, 0.15) is 29.3 Å². The van der Waals surface area contributed by atoms with E-state index in [0.29, 0.717) is 60.0 Å². The van der Waals surface area contributed by atoms with Crippen LogP contribution in [0.3, 0.4) is 0 Å². The molecule has 0 fully saturated rings. The van der Waals surface area contributed by atoms with Crippen LogP contribution in [-0.4, -0.2) is 31.3 Å². The van der Waals surface area contributed by atoms with Crippen LogP contribution in [0.15, 0.2) is 36.4 Å². The highest BCUT2D eigenvalue weighted by atomic mass is 16.5. The van der Waals surface area contributed by atoms with Crippen LogP contribution < -0.4 is 18.9 Å². The Morgan fingerprint density at radius 3 is 1.05 bits per heavy atom. The van der Waals surface area contributed by atoms with Crippen molar-refractivity contribution >= 4 is 24.2 Å². The number of hydrogen-bond donors (Lipinski definition) is 0. The summed E-state index contributed by atoms with van der Waals surface area (Å²) in [5.74, 6) is 3.93. The van der Waals surface area contributed by atoms with Gasteiger partial charge in [-0.15, -0.1) is 0 Å². The van der Waals surface area contributed by atoms with Crippen LogP contribution in [0, 0.1) is 37.5 Å². The minimum Gasteiger partial charge on any atom is -0.497 e. The first-order valence-electron chi connectivity index (χ1n) is 26.0. The van der Waals surface area contributed by atoms with Gasteiger partial charge in [-0.3, -0.25) is 14.4 Å². The summed E-state index contributed by atoms with van der Waals surface area (Å²) < 4.78 is 21.7. The van der Waals surface area contributed by atoms with E-state index >= 15 is 0 Å². The second-order valence-electron chi connectivity index (χ2n) is 19.1. The zero-order chi connectivity index (χ0) is 48.7. The van der Waals surface area contributed by atoms with Crippen molar-refractivity contribution in [1.82, 2.24) is 0 Å². The van der Waals surface area contributed by atoms with Crippen molar-refractivity contribution in [3.05, 3.63) is 47.5 Å². The van der Waals surface area contributed by atoms with E-state index in [2.05, 4.69) is 55.4 Å². The fourth-order valence-corrected chi connectivity index (χ4v) is 7.62. The van der Waals surface area contributed by atoms with Crippen molar-refractivity contribution in [2.45, 2.75) is 236 Å². The molecule has 0 aliphatic carbocycles. The maximum atomic E-state index is 12.3. The number of rotatable bonds is 34. The summed E-state index contributed by atoms with van der Waals surface area (Å²) >= 11 is 0. The molecule has 0 spiro atoms. The topological polar surface area (TPSA) is 105 Å². The summed E-state index contributed by atoms with van der Waals surface area (Å²) in [5, 5.41) is 0. The number of aldehydes is 1. The van der Waals surface area contributed by atoms with Gasteiger partial charge in [-0.2, -0.15) is 0 Å². The summed E-state index contributed by atoms with van der Waals surface area (Å²) in [5.41, 5.74) is 1.92. The van der Waals surface area contributed by atoms with Gasteiger partial charge in [-0.1, -0.05) is 171 Å². The van der Waals surface area contributed by atoms with Crippen molar-refractivity contribution in [2.75, 3.05) is 7.11 Å². The minimum absolute atomic E-state index is 0.162. The van der Waals surface area contributed by atoms with Crippen LogP contribution in [0.2, 0.25) is 0 Å². The number of aryl methyl sites for hydroxylation is 2. The van der Waals surface area contributed by atoms with E-state index in [-0.39, 0.29) is 17.9 Å². The average Bonchev–Trinajstić information content (AvgIpc) is 3.26. The predicted octanol–water partition coefficient (Wildman–Crippen LogP) is 16.7. The first-order chi connectivity index (χ1) is 31.2. The van der Waals surface area contributed by atoms with Crippen LogP contribution in [0.5, 0.6) is 23.0 Å². The summed E-state index contributed by atoms with van der Waals surface area (Å²) in [7, 11) is 1.61. The second kappa shape index (κ2) is 40.6. The van der Waals surface area contributed by atoms with Gasteiger partial charge in [-0.05, 0) is 98.6 Å². The third kappa shape index (κ3) is 36.2. The molecule has 4 unspecified atom stereocenters. The molecule has 0 aromatic heterocycles. The van der Waals surface area contributed by atoms with Crippen molar-refractivity contribution < 1.29 is 38.1 Å². The van der Waals surface area contributed by atoms with E-state index in [9.17, 15) is 19.2 Å². The lowest BCUT2D eigenvalue weighted by Crippen LogP contribution is -2.12. The molecule has 2 aromatic carbocycles. The van der Waals surface area contributed by atoms with Crippen LogP contribution >= 0.6 is 0 Å². The summed E-state index contributed by atoms with van der Waals surface area (Å²) in [4.78, 5) is 46.6. The SMILES string of the molecule is CCCCCC(C)CCC(=O)Oc1cc(C)cc(OC)c1.CCCCCC(C)CCC=O.CCCCCCC(C)CCC(=O)Oc1cc(C)cc(OC(=O)CCC(C)CCCCCC)c1. The van der Waals surface area contributed by atoms with E-state index in [0.717, 1.165) is 68.3 Å². The molecule has 65 heavy (non-hydrogen) atoms. The van der Waals surface area contributed by atoms with Gasteiger partial charge >= 0.3 is 17.9 Å². The molecule has 0 saturated heterocycles. The first-order valence-corrected chi connectivity index (χ1v) is 26.0. The van der Waals surface area contributed by atoms with Crippen molar-refractivity contribution in [3.63, 3.8) is 0 Å². The highest BCUT2D eigenvalue weighted by Gasteiger charge is 2.14. The fourth-order valence-electron chi connectivity index (χ4n) is 7.62. The van der Waals surface area contributed by atoms with E-state index in [4.69, 9.17) is 18.9 Å². The Morgan fingerprint density at radius 2 is 0.723 bits per heavy atom. The van der Waals surface area contributed by atoms with Crippen LogP contribution in [0.4, 0.5) is 0 Å². The third-order valence-corrected chi connectivity index (χ3v) is 12.0. The molecule has 2 aromatic rings. The zero-order valence-electron chi connectivity index (χ0n) is 43.5. The zero-order valence-corrected chi connectivity index (χ0v) is 43.5. The smallest absolute Gasteiger partial charge is 0.311 e. The predicted molar refractivity (Wildman–Crippen MR) is 271 cm³/mol. The molecular formula is C57H96O8. The summed E-state index contributed by atoms with van der Waals surface area (Å²) in [6.45, 7) is 21.6. The molecule has 0 aliphatic heterocycles. The molecule has 0 radical (unpaired) electrons. The van der Waals surface area contributed by atoms with Gasteiger partial charge in [0.2, 0.25) is 0 Å². The highest BCUT2D eigenvalue weighted by molar-refractivity contribution is 5.74. The third-order valence-electron chi connectivity index (χ3n) is 12.0. The molecule has 0 aliphatic rings. The Hall–Kier alpha value is -3.68. The summed E-state index contributed by atoms with van der Waals surface area (Å²) in [6.07, 6.45) is 29.3. The molecule has 8 nitrogen and oxygen atoms in total. The number of carbonyl (C=O) groups is 4. The Kier molecular flexibility index (Phi) is 38.3. The summed E-state index contributed by atoms with van der Waals surface area (Å²) in [6, 6.07) is 10.8. The Bertz CT molecular complexity index is 1460. The van der Waals surface area contributed by atoms with Crippen LogP contribution in [-0.2, 0) is 19.2 Å². The van der Waals surface area contributed by atoms with Crippen molar-refractivity contribution in [2.24, 2.45) is 23.7 Å². The van der Waals surface area contributed by atoms with Gasteiger partial charge in [0.25, 0.3) is 0 Å². The Labute approximate surface area is 398 Å². The highest BCUT2D eigenvalue weighted by Crippen LogP contribution is 2.26. The van der Waals surface area contributed by atoms with E-state index < -0.39 is 0 Å². The molecule has 0 heterocycles. The molecule has 372 valence electrons. The lowest BCUT2D eigenvalue weighted by Gasteiger charge is -2.13. The van der Waals surface area contributed by atoms with E-state index in [1.807, 2.05) is 38.1 Å². The molecule has 0 bridgehead atoms. The number of hydrogen-bond acceptors (Lipinski definition) is 8. The number of methoxy groups -OCH3 is 1. The Balaban J connectivity index is 0.00000108. The van der Waals surface area contributed by atoms with E-state index in [1.54, 1.807) is 19.2 Å². The van der Waals surface area contributed by atoms with E-state index in [1.165, 1.54) is 103 Å². The largest absolute Gasteiger partial charge is 0.497 e. The monoisotopic (exact) mass is 909 g/mol. The minimum atomic E-state index is -0.227. The number of ether oxygens (including phenoxy) is 4. The molecule has 8 heteroatoms. The van der Waals surface area contributed by atoms with Gasteiger partial charge in [0.05, 0.1) is 7.11 Å². The molecule has 0 amide bonds. The molecule has 4 atom stereocenters. The lowest BCUT2D eigenvalue weighted by molar-refractivity contribution is -0.135. The van der Waals surface area contributed by atoms with Crippen molar-refractivity contribution in [1.29, 1.82) is 0 Å². The van der Waals surface area contributed by atoms with Crippen LogP contribution in [0.25, 0.3) is 0 Å². The maximum Gasteiger partial charge on any atom is 0.311 e. The lowest BCUT2D eigenvalue weighted by atomic mass is 9.98. The van der Waals surface area contributed by atoms with Gasteiger partial charge < -0.3 is 23.7 Å². The maximum absolute atomic E-state index is 12.3. The second-order valence-corrected chi connectivity index (χ2v) is 19.1. The quantitative estimate of drug-likeness (QED) is 0.0296. The fraction of sp³-hybridized carbons (Fsp3) is 0.719. The van der Waals surface area contributed by atoms with Crippen LogP contribution in [0.1, 0.15) is 233 Å². The van der Waals surface area contributed by atoms with Crippen molar-refractivity contribution in [3.8, 4) is 23.0 Å². The van der Waals surface area contributed by atoms with Gasteiger partial charge in [-0.25, -0.2) is 0 Å². The van der Waals surface area contributed by atoms with Gasteiger partial charge in [0, 0.05) is 37.8 Å². The first kappa shape index (κ1) is 61.3. The number of esters is 3. The number of carbonyl (C=O) groups excluding carboxylic acids is 4. The molecule has 2 rings (SSSR count). The Morgan fingerprint density at radius 1 is 0.431 bits per heavy atom. The van der Waals surface area contributed by atoms with Gasteiger partial charge in [0.15, 0.2) is 0 Å². The molecule has 0 N–H and O–H groups in total. The number of unbranched alkanes of at least 4 members (excludes halogenated alkanes) is 10. The molecular weight excluding hydrogens is 813 g/mol. The average molecular weight is 909 g/mol. The standard InChI is InChI=1S/C29H48O4.C18H28O3.C10H20O/c1-6-8-10-12-14-23(3)16-18-28(30)32-26-20-25(5)21-27(22-26)33-29(31)19-17-24(4)15-13-11-9-7-2;1-5-6-7-8-14(2)9-10-18(19)21-17-12-15(3)11-16(13-17)20-4;1-3-4-5-7-10(2)8-6-9-11/h20-24H,6-19H2,1-5H3;11-14H,5-10H2,1-4H3;9-10H,3-8H2,1-2H3. The normalized spacial score (nSPS) is 12.6. The number of benzene rings is 2.